The molecule has 0 bridgehead atoms. The Hall–Kier alpha value is -5.11. The van der Waals surface area contributed by atoms with Gasteiger partial charge in [0.15, 0.2) is 0 Å². The molecule has 0 fully saturated rings. The van der Waals surface area contributed by atoms with E-state index in [1.54, 1.807) is 24.3 Å². The van der Waals surface area contributed by atoms with E-state index in [9.17, 15) is 20.2 Å². The fourth-order valence-electron chi connectivity index (χ4n) is 5.56. The van der Waals surface area contributed by atoms with E-state index in [0.717, 1.165) is 47.6 Å². The number of H-pyrrole nitrogens is 1. The molecule has 8 aromatic rings. The number of para-hydroxylation sites is 1. The molecular formula is C40H27Br2IN4O4. The fourth-order valence-corrected chi connectivity index (χ4v) is 6.69. The van der Waals surface area contributed by atoms with Gasteiger partial charge in [-0.3, -0.25) is 20.2 Å². The molecule has 0 aliphatic heterocycles. The first-order valence-corrected chi connectivity index (χ1v) is 18.2. The maximum Gasteiger partial charge on any atom is 0.277 e. The Morgan fingerprint density at radius 1 is 0.588 bits per heavy atom. The lowest BCUT2D eigenvalue weighted by molar-refractivity contribution is -0.384. The SMILES string of the molecule is Ic1ccccc1.O=[N+]([O-])c1ccc(Br)cc1-c1ccc2[nH]ccc2c1.O=[N+]([O-])c1ccc(Br)cc1-c1ccc2c(ccn2-c2ccccc2)c1. The average molecular weight is 914 g/mol. The Bertz CT molecular complexity index is 2480. The summed E-state index contributed by atoms with van der Waals surface area (Å²) in [5.41, 5.74) is 6.25. The number of nitro benzene ring substituents is 2. The maximum absolute atomic E-state index is 11.3. The van der Waals surface area contributed by atoms with E-state index in [4.69, 9.17) is 0 Å². The first-order chi connectivity index (χ1) is 24.7. The van der Waals surface area contributed by atoms with Crippen LogP contribution in [0.2, 0.25) is 0 Å². The largest absolute Gasteiger partial charge is 0.361 e. The second kappa shape index (κ2) is 16.3. The third-order valence-corrected chi connectivity index (χ3v) is 9.65. The number of benzene rings is 6. The van der Waals surface area contributed by atoms with Gasteiger partial charge in [-0.15, -0.1) is 0 Å². The molecule has 2 aromatic heterocycles. The molecule has 11 heteroatoms. The van der Waals surface area contributed by atoms with Crippen LogP contribution in [0.4, 0.5) is 11.4 Å². The lowest BCUT2D eigenvalue weighted by atomic mass is 10.0. The summed E-state index contributed by atoms with van der Waals surface area (Å²) >= 11 is 9.04. The minimum absolute atomic E-state index is 0.102. The minimum Gasteiger partial charge on any atom is -0.361 e. The normalized spacial score (nSPS) is 10.6. The Kier molecular flexibility index (Phi) is 11.4. The first kappa shape index (κ1) is 35.7. The van der Waals surface area contributed by atoms with Crippen molar-refractivity contribution in [2.75, 3.05) is 0 Å². The van der Waals surface area contributed by atoms with Crippen LogP contribution in [0.3, 0.4) is 0 Å². The molecule has 0 aliphatic rings. The van der Waals surface area contributed by atoms with Crippen molar-refractivity contribution in [3.63, 3.8) is 0 Å². The Balaban J connectivity index is 0.000000151. The van der Waals surface area contributed by atoms with E-state index in [0.29, 0.717) is 11.1 Å². The van der Waals surface area contributed by atoms with Crippen LogP contribution < -0.4 is 0 Å². The topological polar surface area (TPSA) is 107 Å². The van der Waals surface area contributed by atoms with Crippen molar-refractivity contribution in [1.82, 2.24) is 9.55 Å². The summed E-state index contributed by atoms with van der Waals surface area (Å²) in [5.74, 6) is 0. The molecule has 6 aromatic carbocycles. The first-order valence-electron chi connectivity index (χ1n) is 15.5. The predicted molar refractivity (Wildman–Crippen MR) is 220 cm³/mol. The number of halogens is 3. The molecule has 0 saturated carbocycles. The molecule has 2 heterocycles. The molecule has 8 rings (SSSR count). The van der Waals surface area contributed by atoms with Crippen molar-refractivity contribution in [3.05, 3.63) is 191 Å². The highest BCUT2D eigenvalue weighted by Crippen LogP contribution is 2.36. The van der Waals surface area contributed by atoms with Crippen LogP contribution in [-0.4, -0.2) is 19.4 Å². The van der Waals surface area contributed by atoms with Gasteiger partial charge in [0.1, 0.15) is 0 Å². The Labute approximate surface area is 323 Å². The Morgan fingerprint density at radius 2 is 1.14 bits per heavy atom. The lowest BCUT2D eigenvalue weighted by Gasteiger charge is -2.07. The van der Waals surface area contributed by atoms with E-state index < -0.39 is 0 Å². The number of nitrogens with zero attached hydrogens (tertiary/aromatic N) is 3. The van der Waals surface area contributed by atoms with Gasteiger partial charge in [0.05, 0.1) is 26.5 Å². The summed E-state index contributed by atoms with van der Waals surface area (Å²) in [5, 5.41) is 24.5. The van der Waals surface area contributed by atoms with Crippen LogP contribution in [0, 0.1) is 23.8 Å². The molecule has 0 aliphatic carbocycles. The van der Waals surface area contributed by atoms with E-state index in [2.05, 4.69) is 76.1 Å². The highest BCUT2D eigenvalue weighted by molar-refractivity contribution is 14.1. The van der Waals surface area contributed by atoms with Crippen LogP contribution in [0.25, 0.3) is 49.7 Å². The lowest BCUT2D eigenvalue weighted by Crippen LogP contribution is -1.93. The van der Waals surface area contributed by atoms with Gasteiger partial charge in [0, 0.05) is 53.6 Å². The second-order valence-electron chi connectivity index (χ2n) is 11.2. The van der Waals surface area contributed by atoms with Crippen molar-refractivity contribution in [2.24, 2.45) is 0 Å². The third kappa shape index (κ3) is 8.62. The van der Waals surface area contributed by atoms with Crippen LogP contribution in [0.5, 0.6) is 0 Å². The summed E-state index contributed by atoms with van der Waals surface area (Å²) in [7, 11) is 0. The number of aromatic amines is 1. The van der Waals surface area contributed by atoms with Crippen LogP contribution in [0.1, 0.15) is 0 Å². The molecular weight excluding hydrogens is 887 g/mol. The monoisotopic (exact) mass is 912 g/mol. The number of aromatic nitrogens is 2. The Morgan fingerprint density at radius 3 is 1.69 bits per heavy atom. The van der Waals surface area contributed by atoms with Crippen LogP contribution in [-0.2, 0) is 0 Å². The summed E-state index contributed by atoms with van der Waals surface area (Å²) in [4.78, 5) is 24.8. The average Bonchev–Trinajstić information content (AvgIpc) is 3.79. The van der Waals surface area contributed by atoms with Gasteiger partial charge in [-0.25, -0.2) is 0 Å². The van der Waals surface area contributed by atoms with Gasteiger partial charge < -0.3 is 9.55 Å². The molecule has 0 spiro atoms. The van der Waals surface area contributed by atoms with E-state index >= 15 is 0 Å². The molecule has 0 atom stereocenters. The summed E-state index contributed by atoms with van der Waals surface area (Å²) in [6.45, 7) is 0. The fraction of sp³-hybridized carbons (Fsp3) is 0. The summed E-state index contributed by atoms with van der Waals surface area (Å²) in [6.07, 6.45) is 3.86. The number of hydrogen-bond acceptors (Lipinski definition) is 4. The van der Waals surface area contributed by atoms with Gasteiger partial charge >= 0.3 is 0 Å². The number of fused-ring (bicyclic) bond motifs is 2. The molecule has 252 valence electrons. The van der Waals surface area contributed by atoms with E-state index in [-0.39, 0.29) is 21.2 Å². The second-order valence-corrected chi connectivity index (χ2v) is 14.3. The number of hydrogen-bond donors (Lipinski definition) is 1. The van der Waals surface area contributed by atoms with Crippen molar-refractivity contribution in [1.29, 1.82) is 0 Å². The van der Waals surface area contributed by atoms with Gasteiger partial charge in [0.2, 0.25) is 0 Å². The van der Waals surface area contributed by atoms with Gasteiger partial charge in [0.25, 0.3) is 11.4 Å². The summed E-state index contributed by atoms with van der Waals surface area (Å²) in [6, 6.07) is 45.9. The zero-order valence-corrected chi connectivity index (χ0v) is 31.9. The number of rotatable bonds is 5. The van der Waals surface area contributed by atoms with Crippen molar-refractivity contribution in [2.45, 2.75) is 0 Å². The molecule has 0 unspecified atom stereocenters. The van der Waals surface area contributed by atoms with E-state index in [1.807, 2.05) is 109 Å². The zero-order chi connectivity index (χ0) is 35.9. The maximum atomic E-state index is 11.3. The van der Waals surface area contributed by atoms with Crippen LogP contribution in [0.15, 0.2) is 167 Å². The molecule has 1 N–H and O–H groups in total. The highest BCUT2D eigenvalue weighted by Gasteiger charge is 2.17. The highest BCUT2D eigenvalue weighted by atomic mass is 127. The summed E-state index contributed by atoms with van der Waals surface area (Å²) < 4.78 is 5.03. The predicted octanol–water partition coefficient (Wildman–Crippen LogP) is 12.8. The number of nitro groups is 2. The molecule has 8 nitrogen and oxygen atoms in total. The van der Waals surface area contributed by atoms with Crippen molar-refractivity contribution in [3.8, 4) is 27.9 Å². The van der Waals surface area contributed by atoms with Gasteiger partial charge in [-0.1, -0.05) is 80.4 Å². The van der Waals surface area contributed by atoms with Crippen molar-refractivity contribution < 1.29 is 9.85 Å². The van der Waals surface area contributed by atoms with Gasteiger partial charge in [-0.2, -0.15) is 0 Å². The standard InChI is InChI=1S/C20H13BrN2O2.C14H9BrN2O2.C6H5I/c21-16-7-9-20(23(24)25)18(13-16)14-6-8-19-15(12-14)10-11-22(19)17-4-2-1-3-5-17;15-11-2-4-14(17(18)19)12(8-11)9-1-3-13-10(7-9)5-6-16-13;7-6-4-2-1-3-5-6/h1-13H;1-8,16H;1-5H. The zero-order valence-electron chi connectivity index (χ0n) is 26.6. The quantitative estimate of drug-likeness (QED) is 0.105. The van der Waals surface area contributed by atoms with Crippen LogP contribution >= 0.6 is 54.5 Å². The molecule has 51 heavy (non-hydrogen) atoms. The van der Waals surface area contributed by atoms with Gasteiger partial charge in [-0.05, 0) is 124 Å². The minimum atomic E-state index is -0.358. The smallest absolute Gasteiger partial charge is 0.277 e. The number of nitrogens with one attached hydrogen (secondary N) is 1. The van der Waals surface area contributed by atoms with Crippen molar-refractivity contribution >= 4 is 87.6 Å². The third-order valence-electron chi connectivity index (χ3n) is 7.94. The molecule has 0 amide bonds. The molecule has 0 radical (unpaired) electrons. The molecule has 0 saturated heterocycles. The van der Waals surface area contributed by atoms with E-state index in [1.165, 1.54) is 15.7 Å².